The Balaban J connectivity index is 2.30. The maximum absolute atomic E-state index is 5.41. The first-order chi connectivity index (χ1) is 9.24. The van der Waals surface area contributed by atoms with Crippen molar-refractivity contribution in [2.24, 2.45) is 7.05 Å². The van der Waals surface area contributed by atoms with Crippen LogP contribution >= 0.6 is 0 Å². The second-order valence-electron chi connectivity index (χ2n) is 4.28. The molecule has 0 spiro atoms. The summed E-state index contributed by atoms with van der Waals surface area (Å²) in [4.78, 5) is 0. The number of anilines is 1. The fraction of sp³-hybridized carbons (Fsp3) is 0.188. The number of aryl methyl sites for hydroxylation is 1. The van der Waals surface area contributed by atoms with E-state index >= 15 is 0 Å². The summed E-state index contributed by atoms with van der Waals surface area (Å²) in [5.41, 5.74) is 3.24. The average molecular weight is 255 g/mol. The van der Waals surface area contributed by atoms with Crippen molar-refractivity contribution in [1.82, 2.24) is 0 Å². The van der Waals surface area contributed by atoms with Crippen molar-refractivity contribution >= 4 is 17.8 Å². The van der Waals surface area contributed by atoms with Crippen molar-refractivity contribution in [3.63, 3.8) is 0 Å². The summed E-state index contributed by atoms with van der Waals surface area (Å²) < 4.78 is 7.48. The Morgan fingerprint density at radius 3 is 2.68 bits per heavy atom. The predicted octanol–water partition coefficient (Wildman–Crippen LogP) is 2.73. The van der Waals surface area contributed by atoms with Crippen LogP contribution in [0.25, 0.3) is 12.2 Å². The molecule has 1 N–H and O–H groups in total. The van der Waals surface area contributed by atoms with Gasteiger partial charge in [-0.25, -0.2) is 4.57 Å². The minimum Gasteiger partial charge on any atom is -0.496 e. The molecule has 2 rings (SSSR count). The van der Waals surface area contributed by atoms with Crippen LogP contribution in [0.5, 0.6) is 5.75 Å². The van der Waals surface area contributed by atoms with Gasteiger partial charge < -0.3 is 10.1 Å². The van der Waals surface area contributed by atoms with E-state index in [2.05, 4.69) is 28.1 Å². The Hall–Kier alpha value is -2.29. The van der Waals surface area contributed by atoms with E-state index in [0.29, 0.717) is 0 Å². The standard InChI is InChI=1S/C16H18N2O/c1-17-14-9-7-13(16(12-14)19-3)8-10-15-6-4-5-11-18(15)2/h4-12H,1-3H3/p+1. The maximum Gasteiger partial charge on any atom is 0.204 e. The summed E-state index contributed by atoms with van der Waals surface area (Å²) in [6, 6.07) is 12.2. The third-order valence-electron chi connectivity index (χ3n) is 3.05. The van der Waals surface area contributed by atoms with Crippen LogP contribution in [-0.2, 0) is 7.05 Å². The lowest BCUT2D eigenvalue weighted by molar-refractivity contribution is -0.673. The highest BCUT2D eigenvalue weighted by Gasteiger charge is 2.03. The smallest absolute Gasteiger partial charge is 0.204 e. The van der Waals surface area contributed by atoms with Crippen LogP contribution in [-0.4, -0.2) is 14.2 Å². The van der Waals surface area contributed by atoms with Crippen LogP contribution in [0.2, 0.25) is 0 Å². The van der Waals surface area contributed by atoms with E-state index in [1.807, 2.05) is 50.6 Å². The molecular formula is C16H19N2O+. The van der Waals surface area contributed by atoms with Gasteiger partial charge >= 0.3 is 0 Å². The molecule has 0 aliphatic carbocycles. The maximum atomic E-state index is 5.41. The van der Waals surface area contributed by atoms with Gasteiger partial charge in [-0.15, -0.1) is 0 Å². The van der Waals surface area contributed by atoms with Gasteiger partial charge in [-0.1, -0.05) is 0 Å². The first-order valence-electron chi connectivity index (χ1n) is 6.23. The molecule has 1 aromatic carbocycles. The number of nitrogens with one attached hydrogen (secondary N) is 1. The number of rotatable bonds is 4. The summed E-state index contributed by atoms with van der Waals surface area (Å²) in [6.07, 6.45) is 6.17. The summed E-state index contributed by atoms with van der Waals surface area (Å²) >= 11 is 0. The molecule has 0 saturated heterocycles. The van der Waals surface area contributed by atoms with Gasteiger partial charge in [0.05, 0.1) is 7.11 Å². The minimum absolute atomic E-state index is 0.863. The Morgan fingerprint density at radius 1 is 1.16 bits per heavy atom. The minimum atomic E-state index is 0.863. The van der Waals surface area contributed by atoms with Gasteiger partial charge in [0.25, 0.3) is 0 Å². The SMILES string of the molecule is CNc1ccc(/C=C/c2cccc[n+]2C)c(OC)c1. The Kier molecular flexibility index (Phi) is 4.18. The van der Waals surface area contributed by atoms with Crippen molar-refractivity contribution in [3.05, 3.63) is 53.9 Å². The highest BCUT2D eigenvalue weighted by Crippen LogP contribution is 2.24. The highest BCUT2D eigenvalue weighted by molar-refractivity contribution is 5.72. The fourth-order valence-corrected chi connectivity index (χ4v) is 1.89. The summed E-state index contributed by atoms with van der Waals surface area (Å²) in [6.45, 7) is 0. The van der Waals surface area contributed by atoms with E-state index in [1.54, 1.807) is 7.11 Å². The molecule has 0 saturated carbocycles. The first-order valence-corrected chi connectivity index (χ1v) is 6.23. The molecule has 0 radical (unpaired) electrons. The quantitative estimate of drug-likeness (QED) is 0.850. The van der Waals surface area contributed by atoms with E-state index in [-0.39, 0.29) is 0 Å². The summed E-state index contributed by atoms with van der Waals surface area (Å²) in [7, 11) is 5.61. The van der Waals surface area contributed by atoms with E-state index in [9.17, 15) is 0 Å². The number of hydrogen-bond donors (Lipinski definition) is 1. The normalized spacial score (nSPS) is 10.7. The Morgan fingerprint density at radius 2 is 2.00 bits per heavy atom. The lowest BCUT2D eigenvalue weighted by Crippen LogP contribution is -2.30. The largest absolute Gasteiger partial charge is 0.496 e. The van der Waals surface area contributed by atoms with E-state index in [4.69, 9.17) is 4.74 Å². The van der Waals surface area contributed by atoms with Crippen LogP contribution in [0.4, 0.5) is 5.69 Å². The Labute approximate surface area is 114 Å². The van der Waals surface area contributed by atoms with Gasteiger partial charge in [0.15, 0.2) is 6.20 Å². The molecule has 0 atom stereocenters. The number of pyridine rings is 1. The number of methoxy groups -OCH3 is 1. The van der Waals surface area contributed by atoms with Crippen LogP contribution in [0.1, 0.15) is 11.3 Å². The van der Waals surface area contributed by atoms with Crippen molar-refractivity contribution in [3.8, 4) is 5.75 Å². The molecule has 0 bridgehead atoms. The van der Waals surface area contributed by atoms with Gasteiger partial charge in [0.1, 0.15) is 12.8 Å². The summed E-state index contributed by atoms with van der Waals surface area (Å²) in [5, 5.41) is 3.10. The van der Waals surface area contributed by atoms with Gasteiger partial charge in [-0.05, 0) is 24.3 Å². The lowest BCUT2D eigenvalue weighted by Gasteiger charge is -2.07. The Bertz CT molecular complexity index is 591. The molecule has 0 fully saturated rings. The van der Waals surface area contributed by atoms with Gasteiger partial charge in [0, 0.05) is 42.6 Å². The monoisotopic (exact) mass is 255 g/mol. The molecule has 0 aliphatic heterocycles. The zero-order valence-electron chi connectivity index (χ0n) is 11.6. The van der Waals surface area contributed by atoms with E-state index < -0.39 is 0 Å². The van der Waals surface area contributed by atoms with Gasteiger partial charge in [-0.2, -0.15) is 0 Å². The van der Waals surface area contributed by atoms with Crippen molar-refractivity contribution in [2.45, 2.75) is 0 Å². The van der Waals surface area contributed by atoms with Gasteiger partial charge in [-0.3, -0.25) is 0 Å². The van der Waals surface area contributed by atoms with Crippen molar-refractivity contribution < 1.29 is 9.30 Å². The first kappa shape index (κ1) is 13.1. The lowest BCUT2D eigenvalue weighted by atomic mass is 10.1. The second-order valence-corrected chi connectivity index (χ2v) is 4.28. The van der Waals surface area contributed by atoms with Crippen LogP contribution < -0.4 is 14.6 Å². The number of nitrogens with zero attached hydrogens (tertiary/aromatic N) is 1. The van der Waals surface area contributed by atoms with E-state index in [0.717, 1.165) is 22.7 Å². The van der Waals surface area contributed by atoms with Crippen LogP contribution in [0.3, 0.4) is 0 Å². The molecule has 2 aromatic rings. The molecule has 0 amide bonds. The zero-order valence-corrected chi connectivity index (χ0v) is 11.6. The molecular weight excluding hydrogens is 236 g/mol. The predicted molar refractivity (Wildman–Crippen MR) is 79.1 cm³/mol. The molecule has 3 nitrogen and oxygen atoms in total. The molecule has 3 heteroatoms. The number of benzene rings is 1. The number of hydrogen-bond acceptors (Lipinski definition) is 2. The third-order valence-corrected chi connectivity index (χ3v) is 3.05. The molecule has 1 heterocycles. The molecule has 0 unspecified atom stereocenters. The summed E-state index contributed by atoms with van der Waals surface area (Å²) in [5.74, 6) is 0.863. The zero-order chi connectivity index (χ0) is 13.7. The second kappa shape index (κ2) is 6.05. The number of aromatic nitrogens is 1. The van der Waals surface area contributed by atoms with Crippen LogP contribution in [0.15, 0.2) is 42.6 Å². The fourth-order valence-electron chi connectivity index (χ4n) is 1.89. The van der Waals surface area contributed by atoms with E-state index in [1.165, 1.54) is 0 Å². The van der Waals surface area contributed by atoms with Crippen molar-refractivity contribution in [1.29, 1.82) is 0 Å². The molecule has 19 heavy (non-hydrogen) atoms. The molecule has 0 aliphatic rings. The van der Waals surface area contributed by atoms with Crippen molar-refractivity contribution in [2.75, 3.05) is 19.5 Å². The highest BCUT2D eigenvalue weighted by atomic mass is 16.5. The topological polar surface area (TPSA) is 25.1 Å². The van der Waals surface area contributed by atoms with Gasteiger partial charge in [0.2, 0.25) is 5.69 Å². The third kappa shape index (κ3) is 3.13. The molecule has 98 valence electrons. The van der Waals surface area contributed by atoms with Crippen LogP contribution in [0, 0.1) is 0 Å². The number of ether oxygens (including phenoxy) is 1. The average Bonchev–Trinajstić information content (AvgIpc) is 2.46. The molecule has 1 aromatic heterocycles.